The maximum atomic E-state index is 6.13. The monoisotopic (exact) mass is 309 g/mol. The topological polar surface area (TPSA) is 58.9 Å². The van der Waals surface area contributed by atoms with Gasteiger partial charge in [-0.2, -0.15) is 5.10 Å². The number of benzene rings is 1. The molecule has 5 nitrogen and oxygen atoms in total. The summed E-state index contributed by atoms with van der Waals surface area (Å²) < 4.78 is 1.74. The van der Waals surface area contributed by atoms with E-state index < -0.39 is 0 Å². The molecule has 0 spiro atoms. The van der Waals surface area contributed by atoms with Crippen LogP contribution < -0.4 is 0 Å². The molecule has 0 amide bonds. The van der Waals surface area contributed by atoms with Crippen LogP contribution in [0.1, 0.15) is 29.6 Å². The van der Waals surface area contributed by atoms with Gasteiger partial charge in [-0.15, -0.1) is 0 Å². The minimum Gasteiger partial charge on any atom is -0.342 e. The van der Waals surface area contributed by atoms with Crippen molar-refractivity contribution in [3.63, 3.8) is 0 Å². The number of rotatable bonds is 2. The summed E-state index contributed by atoms with van der Waals surface area (Å²) in [4.78, 5) is 12.5. The van der Waals surface area contributed by atoms with Gasteiger partial charge in [0.1, 0.15) is 11.0 Å². The van der Waals surface area contributed by atoms with Crippen LogP contribution in [-0.2, 0) is 0 Å². The van der Waals surface area contributed by atoms with E-state index >= 15 is 0 Å². The lowest BCUT2D eigenvalue weighted by Crippen LogP contribution is -1.97. The van der Waals surface area contributed by atoms with Gasteiger partial charge >= 0.3 is 0 Å². The van der Waals surface area contributed by atoms with Gasteiger partial charge in [0.2, 0.25) is 0 Å². The summed E-state index contributed by atoms with van der Waals surface area (Å²) in [5.41, 5.74) is 4.13. The molecule has 1 fully saturated rings. The van der Waals surface area contributed by atoms with Crippen molar-refractivity contribution in [2.75, 3.05) is 0 Å². The predicted molar refractivity (Wildman–Crippen MR) is 84.2 cm³/mol. The number of halogens is 1. The largest absolute Gasteiger partial charge is 0.342 e. The zero-order chi connectivity index (χ0) is 14.7. The predicted octanol–water partition coefficient (Wildman–Crippen LogP) is 3.53. The summed E-state index contributed by atoms with van der Waals surface area (Å²) in [6.07, 6.45) is 4.63. The van der Waals surface area contributed by atoms with Gasteiger partial charge in [0.05, 0.1) is 11.0 Å². The Balaban J connectivity index is 1.56. The number of hydrogen-bond donors (Lipinski definition) is 1. The Bertz CT molecular complexity index is 969. The maximum Gasteiger partial charge on any atom is 0.157 e. The van der Waals surface area contributed by atoms with Crippen molar-refractivity contribution >= 4 is 28.3 Å². The van der Waals surface area contributed by atoms with Crippen LogP contribution in [0.2, 0.25) is 5.15 Å². The Kier molecular flexibility index (Phi) is 2.38. The van der Waals surface area contributed by atoms with E-state index in [-0.39, 0.29) is 0 Å². The molecule has 1 aromatic carbocycles. The van der Waals surface area contributed by atoms with Crippen LogP contribution in [0.15, 0.2) is 42.7 Å². The molecule has 0 aliphatic heterocycles. The first-order valence-corrected chi connectivity index (χ1v) is 7.62. The third-order valence-corrected chi connectivity index (χ3v) is 4.49. The van der Waals surface area contributed by atoms with E-state index in [9.17, 15) is 0 Å². The fraction of sp³-hybridized carbons (Fsp3) is 0.188. The van der Waals surface area contributed by atoms with E-state index in [4.69, 9.17) is 16.6 Å². The number of hydrogen-bond acceptors (Lipinski definition) is 3. The van der Waals surface area contributed by atoms with Gasteiger partial charge in [0.15, 0.2) is 5.65 Å². The Hall–Kier alpha value is -2.40. The van der Waals surface area contributed by atoms with Gasteiger partial charge in [-0.3, -0.25) is 0 Å². The van der Waals surface area contributed by atoms with E-state index in [1.807, 2.05) is 30.5 Å². The second-order valence-corrected chi connectivity index (χ2v) is 6.09. The lowest BCUT2D eigenvalue weighted by molar-refractivity contribution is 0.892. The molecule has 3 aromatic heterocycles. The number of para-hydroxylation sites is 2. The van der Waals surface area contributed by atoms with Crippen LogP contribution in [0.4, 0.5) is 0 Å². The lowest BCUT2D eigenvalue weighted by atomic mass is 10.1. The number of aromatic amines is 1. The third-order valence-electron chi connectivity index (χ3n) is 4.31. The summed E-state index contributed by atoms with van der Waals surface area (Å²) >= 11 is 6.13. The molecule has 108 valence electrons. The second-order valence-electron chi connectivity index (χ2n) is 5.71. The molecule has 1 aliphatic rings. The van der Waals surface area contributed by atoms with Crippen molar-refractivity contribution < 1.29 is 0 Å². The molecule has 1 N–H and O–H groups in total. The van der Waals surface area contributed by atoms with E-state index in [1.54, 1.807) is 10.7 Å². The summed E-state index contributed by atoms with van der Waals surface area (Å²) in [6.45, 7) is 0. The van der Waals surface area contributed by atoms with Crippen molar-refractivity contribution in [3.8, 4) is 0 Å². The molecule has 5 rings (SSSR count). The van der Waals surface area contributed by atoms with Crippen LogP contribution in [-0.4, -0.2) is 24.6 Å². The van der Waals surface area contributed by atoms with Crippen molar-refractivity contribution in [3.05, 3.63) is 59.3 Å². The standard InChI is InChI=1S/C16H12ClN5/c17-14-8-11(16-18-5-6-22(16)21-14)9-7-10(9)15-19-12-3-1-2-4-13(12)20-15/h1-6,8-10H,7H2,(H,19,20)/t9-,10-/m0/s1. The van der Waals surface area contributed by atoms with Crippen molar-refractivity contribution in [2.24, 2.45) is 0 Å². The van der Waals surface area contributed by atoms with Crippen LogP contribution in [0.5, 0.6) is 0 Å². The summed E-state index contributed by atoms with van der Waals surface area (Å²) in [5, 5.41) is 4.73. The van der Waals surface area contributed by atoms with Gasteiger partial charge in [0.25, 0.3) is 0 Å². The molecular weight excluding hydrogens is 298 g/mol. The highest BCUT2D eigenvalue weighted by Crippen LogP contribution is 2.54. The van der Waals surface area contributed by atoms with E-state index in [0.717, 1.165) is 34.5 Å². The molecule has 1 saturated carbocycles. The second kappa shape index (κ2) is 4.30. The molecular formula is C16H12ClN5. The van der Waals surface area contributed by atoms with Gasteiger partial charge in [-0.05, 0) is 30.5 Å². The number of fused-ring (bicyclic) bond motifs is 2. The first-order chi connectivity index (χ1) is 10.8. The van der Waals surface area contributed by atoms with Crippen LogP contribution in [0.25, 0.3) is 16.7 Å². The number of aromatic nitrogens is 5. The lowest BCUT2D eigenvalue weighted by Gasteiger charge is -2.03. The normalized spacial score (nSPS) is 20.8. The zero-order valence-electron chi connectivity index (χ0n) is 11.6. The smallest absolute Gasteiger partial charge is 0.157 e. The molecule has 0 bridgehead atoms. The molecule has 1 aliphatic carbocycles. The fourth-order valence-electron chi connectivity index (χ4n) is 3.17. The molecule has 6 heteroatoms. The van der Waals surface area contributed by atoms with E-state index in [2.05, 4.69) is 21.1 Å². The number of nitrogens with one attached hydrogen (secondary N) is 1. The first-order valence-electron chi connectivity index (χ1n) is 7.24. The number of nitrogens with zero attached hydrogens (tertiary/aromatic N) is 4. The number of H-pyrrole nitrogens is 1. The molecule has 2 atom stereocenters. The summed E-state index contributed by atoms with van der Waals surface area (Å²) in [6, 6.07) is 10.0. The molecule has 0 saturated heterocycles. The summed E-state index contributed by atoms with van der Waals surface area (Å²) in [7, 11) is 0. The molecule has 0 unspecified atom stereocenters. The van der Waals surface area contributed by atoms with Crippen LogP contribution in [0, 0.1) is 0 Å². The van der Waals surface area contributed by atoms with Gasteiger partial charge in [-0.25, -0.2) is 14.5 Å². The van der Waals surface area contributed by atoms with Crippen molar-refractivity contribution in [1.82, 2.24) is 24.6 Å². The molecule has 4 aromatic rings. The van der Waals surface area contributed by atoms with Crippen molar-refractivity contribution in [2.45, 2.75) is 18.3 Å². The number of imidazole rings is 2. The summed E-state index contributed by atoms with van der Waals surface area (Å²) in [5.74, 6) is 1.83. The SMILES string of the molecule is Clc1cc([C@H]2C[C@@H]2c2nc3ccccc3[nH]2)c2nccn2n1. The third kappa shape index (κ3) is 1.75. The Morgan fingerprint density at radius 2 is 2.14 bits per heavy atom. The fourth-order valence-corrected chi connectivity index (χ4v) is 3.37. The Labute approximate surface area is 131 Å². The van der Waals surface area contributed by atoms with Crippen LogP contribution in [0.3, 0.4) is 0 Å². The molecule has 0 radical (unpaired) electrons. The highest BCUT2D eigenvalue weighted by molar-refractivity contribution is 6.29. The minimum absolute atomic E-state index is 0.394. The highest BCUT2D eigenvalue weighted by Gasteiger charge is 2.43. The maximum absolute atomic E-state index is 6.13. The quantitative estimate of drug-likeness (QED) is 0.616. The average Bonchev–Trinajstić information content (AvgIpc) is 2.97. The average molecular weight is 310 g/mol. The first kappa shape index (κ1) is 12.2. The van der Waals surface area contributed by atoms with Gasteiger partial charge < -0.3 is 4.98 Å². The Morgan fingerprint density at radius 3 is 3.05 bits per heavy atom. The van der Waals surface area contributed by atoms with Gasteiger partial charge in [-0.1, -0.05) is 23.7 Å². The van der Waals surface area contributed by atoms with E-state index in [0.29, 0.717) is 17.0 Å². The minimum atomic E-state index is 0.394. The zero-order valence-corrected chi connectivity index (χ0v) is 12.3. The van der Waals surface area contributed by atoms with E-state index in [1.165, 1.54) is 0 Å². The van der Waals surface area contributed by atoms with Gasteiger partial charge in [0, 0.05) is 23.9 Å². The molecule has 22 heavy (non-hydrogen) atoms. The van der Waals surface area contributed by atoms with Crippen molar-refractivity contribution in [1.29, 1.82) is 0 Å². The highest BCUT2D eigenvalue weighted by atomic mass is 35.5. The van der Waals surface area contributed by atoms with Crippen LogP contribution >= 0.6 is 11.6 Å². The Morgan fingerprint density at radius 1 is 1.23 bits per heavy atom. The molecule has 3 heterocycles.